The van der Waals surface area contributed by atoms with E-state index in [1.165, 1.54) is 12.3 Å². The van der Waals surface area contributed by atoms with Crippen molar-refractivity contribution in [2.45, 2.75) is 44.1 Å². The second-order valence-electron chi connectivity index (χ2n) is 8.16. The summed E-state index contributed by atoms with van der Waals surface area (Å²) < 4.78 is 44.9. The zero-order chi connectivity index (χ0) is 20.4. The molecule has 0 N–H and O–H groups in total. The monoisotopic (exact) mass is 421 g/mol. The van der Waals surface area contributed by atoms with Gasteiger partial charge in [-0.25, -0.2) is 22.1 Å². The number of aromatic nitrogens is 1. The highest BCUT2D eigenvalue weighted by Gasteiger charge is 2.33. The van der Waals surface area contributed by atoms with Gasteiger partial charge in [-0.05, 0) is 43.9 Å². The fraction of sp³-hybridized carbons (Fsp3) is 0.571. The lowest BCUT2D eigenvalue weighted by Crippen LogP contribution is -2.49. The second-order valence-corrected chi connectivity index (χ2v) is 10.1. The number of nitrogens with zero attached hydrogens (tertiary/aromatic N) is 3. The molecule has 1 aromatic carbocycles. The molecule has 6 nitrogen and oxygen atoms in total. The van der Waals surface area contributed by atoms with Crippen LogP contribution in [0.1, 0.15) is 48.8 Å². The summed E-state index contributed by atoms with van der Waals surface area (Å²) in [5.74, 6) is 1.42. The van der Waals surface area contributed by atoms with Crippen molar-refractivity contribution in [3.63, 3.8) is 0 Å². The van der Waals surface area contributed by atoms with Crippen LogP contribution >= 0.6 is 0 Å². The largest absolute Gasteiger partial charge is 0.445 e. The maximum atomic E-state index is 13.9. The Kier molecular flexibility index (Phi) is 6.03. The van der Waals surface area contributed by atoms with Gasteiger partial charge in [-0.3, -0.25) is 4.90 Å². The summed E-state index contributed by atoms with van der Waals surface area (Å²) in [5, 5.41) is 0. The molecule has 0 radical (unpaired) electrons. The molecule has 2 aliphatic heterocycles. The predicted octanol–water partition coefficient (Wildman–Crippen LogP) is 3.01. The average Bonchev–Trinajstić information content (AvgIpc) is 3.18. The molecule has 2 aromatic rings. The van der Waals surface area contributed by atoms with Crippen molar-refractivity contribution in [3.8, 4) is 0 Å². The Morgan fingerprint density at radius 3 is 2.66 bits per heavy atom. The third kappa shape index (κ3) is 4.87. The lowest BCUT2D eigenvalue weighted by molar-refractivity contribution is 0.101. The van der Waals surface area contributed by atoms with E-state index in [0.29, 0.717) is 36.9 Å². The van der Waals surface area contributed by atoms with E-state index in [-0.39, 0.29) is 11.7 Å². The Hall–Kier alpha value is -1.77. The number of piperidine rings is 2. The molecule has 0 saturated carbocycles. The molecule has 2 aliphatic rings. The normalized spacial score (nSPS) is 22.8. The molecule has 0 bridgehead atoms. The number of benzene rings is 1. The van der Waals surface area contributed by atoms with Crippen LogP contribution in [0.2, 0.25) is 0 Å². The minimum atomic E-state index is -3.10. The first-order chi connectivity index (χ1) is 13.9. The van der Waals surface area contributed by atoms with Gasteiger partial charge in [0.2, 0.25) is 10.0 Å². The smallest absolute Gasteiger partial charge is 0.211 e. The lowest BCUT2D eigenvalue weighted by atomic mass is 9.94. The molecule has 0 spiro atoms. The summed E-state index contributed by atoms with van der Waals surface area (Å²) in [6.45, 7) is 3.10. The summed E-state index contributed by atoms with van der Waals surface area (Å²) >= 11 is 0. The molecule has 8 heteroatoms. The number of likely N-dealkylation sites (tertiary alicyclic amines) is 1. The average molecular weight is 422 g/mol. The van der Waals surface area contributed by atoms with E-state index in [2.05, 4.69) is 9.88 Å². The van der Waals surface area contributed by atoms with Gasteiger partial charge < -0.3 is 4.42 Å². The Labute approximate surface area is 171 Å². The summed E-state index contributed by atoms with van der Waals surface area (Å²) in [4.78, 5) is 6.95. The number of hydrogen-bond acceptors (Lipinski definition) is 5. The fourth-order valence-electron chi connectivity index (χ4n) is 4.50. The Bertz CT molecular complexity index is 938. The van der Waals surface area contributed by atoms with E-state index in [1.54, 1.807) is 22.6 Å². The van der Waals surface area contributed by atoms with Crippen LogP contribution < -0.4 is 0 Å². The maximum absolute atomic E-state index is 13.9. The van der Waals surface area contributed by atoms with Crippen molar-refractivity contribution in [1.29, 1.82) is 0 Å². The predicted molar refractivity (Wildman–Crippen MR) is 109 cm³/mol. The first kappa shape index (κ1) is 20.5. The summed E-state index contributed by atoms with van der Waals surface area (Å²) in [5.41, 5.74) is 0.609. The van der Waals surface area contributed by atoms with E-state index in [1.807, 2.05) is 6.07 Å². The van der Waals surface area contributed by atoms with Gasteiger partial charge in [-0.15, -0.1) is 0 Å². The van der Waals surface area contributed by atoms with Crippen molar-refractivity contribution in [1.82, 2.24) is 14.2 Å². The molecule has 1 aromatic heterocycles. The third-order valence-electron chi connectivity index (χ3n) is 6.10. The molecular weight excluding hydrogens is 393 g/mol. The van der Waals surface area contributed by atoms with Gasteiger partial charge in [0.25, 0.3) is 0 Å². The molecule has 2 saturated heterocycles. The van der Waals surface area contributed by atoms with Crippen molar-refractivity contribution >= 4 is 10.0 Å². The summed E-state index contributed by atoms with van der Waals surface area (Å²) in [6.07, 6.45) is 7.23. The van der Waals surface area contributed by atoms with Gasteiger partial charge in [0, 0.05) is 38.0 Å². The topological polar surface area (TPSA) is 66.7 Å². The van der Waals surface area contributed by atoms with Crippen molar-refractivity contribution in [2.24, 2.45) is 0 Å². The number of oxazole rings is 1. The second kappa shape index (κ2) is 8.53. The minimum absolute atomic E-state index is 0.227. The highest BCUT2D eigenvalue weighted by molar-refractivity contribution is 7.88. The fourth-order valence-corrected chi connectivity index (χ4v) is 5.38. The molecule has 29 heavy (non-hydrogen) atoms. The van der Waals surface area contributed by atoms with Crippen LogP contribution in [-0.2, 0) is 16.4 Å². The summed E-state index contributed by atoms with van der Waals surface area (Å²) in [7, 11) is -3.10. The van der Waals surface area contributed by atoms with Gasteiger partial charge >= 0.3 is 0 Å². The molecule has 3 heterocycles. The lowest BCUT2D eigenvalue weighted by Gasteiger charge is -2.41. The maximum Gasteiger partial charge on any atom is 0.211 e. The third-order valence-corrected chi connectivity index (χ3v) is 7.41. The van der Waals surface area contributed by atoms with E-state index >= 15 is 0 Å². The zero-order valence-corrected chi connectivity index (χ0v) is 17.6. The van der Waals surface area contributed by atoms with Crippen LogP contribution in [0.25, 0.3) is 0 Å². The summed E-state index contributed by atoms with van der Waals surface area (Å²) in [6, 6.07) is 7.14. The van der Waals surface area contributed by atoms with Gasteiger partial charge in [0.05, 0.1) is 12.5 Å². The highest BCUT2D eigenvalue weighted by atomic mass is 32.2. The standard InChI is InChI=1S/C21H28FN3O3S/c1-29(26,27)25-11-8-18(9-12-25)24-10-4-6-17(15-24)21-23-14-19(28-21)13-16-5-2-3-7-20(16)22/h2-3,5,7,14,17-18H,4,6,8-13,15H2,1H3/t17-/m0/s1. The van der Waals surface area contributed by atoms with Gasteiger partial charge in [0.15, 0.2) is 5.89 Å². The number of hydrogen-bond donors (Lipinski definition) is 0. The van der Waals surface area contributed by atoms with Crippen LogP contribution in [-0.4, -0.2) is 61.1 Å². The van der Waals surface area contributed by atoms with Crippen LogP contribution in [0.4, 0.5) is 4.39 Å². The molecule has 2 fully saturated rings. The van der Waals surface area contributed by atoms with E-state index in [4.69, 9.17) is 4.42 Å². The molecule has 158 valence electrons. The molecule has 4 rings (SSSR count). The highest BCUT2D eigenvalue weighted by Crippen LogP contribution is 2.30. The number of halogens is 1. The zero-order valence-electron chi connectivity index (χ0n) is 16.8. The van der Waals surface area contributed by atoms with Crippen LogP contribution in [0.3, 0.4) is 0 Å². The molecule has 1 atom stereocenters. The first-order valence-electron chi connectivity index (χ1n) is 10.3. The van der Waals surface area contributed by atoms with E-state index < -0.39 is 10.0 Å². The number of sulfonamides is 1. The SMILES string of the molecule is CS(=O)(=O)N1CCC(N2CCC[C@H](c3ncc(Cc4ccccc4F)o3)C2)CC1. The van der Waals surface area contributed by atoms with Gasteiger partial charge in [-0.2, -0.15) is 0 Å². The molecule has 0 unspecified atom stereocenters. The van der Waals surface area contributed by atoms with Gasteiger partial charge in [0.1, 0.15) is 11.6 Å². The Balaban J connectivity index is 1.37. The molecule has 0 aliphatic carbocycles. The number of rotatable bonds is 5. The first-order valence-corrected chi connectivity index (χ1v) is 12.1. The van der Waals surface area contributed by atoms with E-state index in [9.17, 15) is 12.8 Å². The minimum Gasteiger partial charge on any atom is -0.445 e. The van der Waals surface area contributed by atoms with Crippen molar-refractivity contribution in [3.05, 3.63) is 53.5 Å². The quantitative estimate of drug-likeness (QED) is 0.743. The molecular formula is C21H28FN3O3S. The van der Waals surface area contributed by atoms with Crippen molar-refractivity contribution in [2.75, 3.05) is 32.4 Å². The van der Waals surface area contributed by atoms with Crippen LogP contribution in [0, 0.1) is 5.82 Å². The van der Waals surface area contributed by atoms with Crippen LogP contribution in [0.5, 0.6) is 0 Å². The van der Waals surface area contributed by atoms with Crippen molar-refractivity contribution < 1.29 is 17.2 Å². The van der Waals surface area contributed by atoms with Gasteiger partial charge in [-0.1, -0.05) is 18.2 Å². The Morgan fingerprint density at radius 1 is 1.17 bits per heavy atom. The van der Waals surface area contributed by atoms with Crippen LogP contribution in [0.15, 0.2) is 34.9 Å². The Morgan fingerprint density at radius 2 is 1.93 bits per heavy atom. The molecule has 0 amide bonds. The van der Waals surface area contributed by atoms with E-state index in [0.717, 1.165) is 44.7 Å².